The number of nitrogens with zero attached hydrogens (tertiary/aromatic N) is 1. The highest BCUT2D eigenvalue weighted by Crippen LogP contribution is 2.22. The molecule has 1 aliphatic rings. The van der Waals surface area contributed by atoms with E-state index in [1.807, 2.05) is 0 Å². The average Bonchev–Trinajstić information content (AvgIpc) is 2.76. The molecule has 6 heteroatoms. The van der Waals surface area contributed by atoms with Crippen LogP contribution >= 0.6 is 12.2 Å². The van der Waals surface area contributed by atoms with Gasteiger partial charge < -0.3 is 10.6 Å². The molecule has 0 saturated carbocycles. The van der Waals surface area contributed by atoms with Crippen LogP contribution in [-0.4, -0.2) is 43.7 Å². The summed E-state index contributed by atoms with van der Waals surface area (Å²) in [5.74, 6) is 1.39. The Labute approximate surface area is 132 Å². The number of benzene rings is 1. The first kappa shape index (κ1) is 16.4. The smallest absolute Gasteiger partial charge is 0.179 e. The topological polar surface area (TPSA) is 63.4 Å². The summed E-state index contributed by atoms with van der Waals surface area (Å²) in [6.45, 7) is 6.96. The van der Waals surface area contributed by atoms with Crippen LogP contribution in [0.2, 0.25) is 0 Å². The van der Waals surface area contributed by atoms with Gasteiger partial charge >= 0.3 is 0 Å². The van der Waals surface area contributed by atoms with Crippen LogP contribution in [0.3, 0.4) is 0 Å². The van der Waals surface area contributed by atoms with Crippen LogP contribution in [-0.2, 0) is 9.84 Å². The number of hydrogen-bond acceptors (Lipinski definition) is 4. The molecule has 1 aromatic carbocycles. The van der Waals surface area contributed by atoms with Crippen molar-refractivity contribution < 1.29 is 8.42 Å². The highest BCUT2D eigenvalue weighted by atomic mass is 32.2. The van der Waals surface area contributed by atoms with Crippen LogP contribution in [0, 0.1) is 11.8 Å². The summed E-state index contributed by atoms with van der Waals surface area (Å²) in [4.78, 5) is 2.74. The van der Waals surface area contributed by atoms with Gasteiger partial charge in [-0.2, -0.15) is 0 Å². The Bertz CT molecular complexity index is 618. The van der Waals surface area contributed by atoms with Crippen LogP contribution in [0.15, 0.2) is 29.2 Å². The van der Waals surface area contributed by atoms with Gasteiger partial charge in [-0.25, -0.2) is 8.42 Å². The highest BCUT2D eigenvalue weighted by Gasteiger charge is 2.27. The van der Waals surface area contributed by atoms with Gasteiger partial charge in [0.05, 0.1) is 10.6 Å². The zero-order chi connectivity index (χ0) is 15.6. The van der Waals surface area contributed by atoms with E-state index in [1.54, 1.807) is 24.3 Å². The second kappa shape index (κ2) is 6.42. The predicted octanol–water partition coefficient (Wildman–Crippen LogP) is 1.68. The molecule has 0 aromatic heterocycles. The summed E-state index contributed by atoms with van der Waals surface area (Å²) in [7, 11) is -3.30. The molecule has 116 valence electrons. The predicted molar refractivity (Wildman–Crippen MR) is 89.2 cm³/mol. The van der Waals surface area contributed by atoms with Gasteiger partial charge in [0, 0.05) is 25.2 Å². The lowest BCUT2D eigenvalue weighted by Gasteiger charge is -2.15. The number of sulfone groups is 1. The Morgan fingerprint density at radius 3 is 2.52 bits per heavy atom. The fourth-order valence-corrected chi connectivity index (χ4v) is 4.10. The second-order valence-corrected chi connectivity index (χ2v) is 8.47. The first-order valence-corrected chi connectivity index (χ1v) is 9.20. The van der Waals surface area contributed by atoms with Gasteiger partial charge in [-0.1, -0.05) is 38.2 Å². The highest BCUT2D eigenvalue weighted by molar-refractivity contribution is 7.91. The first-order chi connectivity index (χ1) is 9.79. The van der Waals surface area contributed by atoms with E-state index in [9.17, 15) is 8.42 Å². The summed E-state index contributed by atoms with van der Waals surface area (Å²) < 4.78 is 24.8. The van der Waals surface area contributed by atoms with Gasteiger partial charge in [0.15, 0.2) is 9.84 Å². The Balaban J connectivity index is 2.05. The van der Waals surface area contributed by atoms with Crippen molar-refractivity contribution in [3.8, 4) is 0 Å². The third-order valence-corrected chi connectivity index (χ3v) is 6.15. The van der Waals surface area contributed by atoms with Gasteiger partial charge in [0.1, 0.15) is 4.99 Å². The fourth-order valence-electron chi connectivity index (χ4n) is 2.64. The molecule has 2 atom stereocenters. The van der Waals surface area contributed by atoms with E-state index < -0.39 is 9.84 Å². The van der Waals surface area contributed by atoms with E-state index in [2.05, 4.69) is 18.7 Å². The standard InChI is InChI=1S/C15H22N2O2S2/c1-11-9-17(10-12(11)2)6-7-21(18,19)14-5-3-4-13(8-14)15(16)20/h3-5,8,11-12H,6-7,9-10H2,1-2H3,(H2,16,20). The molecule has 0 radical (unpaired) electrons. The number of hydrogen-bond donors (Lipinski definition) is 1. The van der Waals surface area contributed by atoms with Crippen molar-refractivity contribution in [1.29, 1.82) is 0 Å². The SMILES string of the molecule is CC1CN(CCS(=O)(=O)c2cccc(C(N)=S)c2)CC1C. The molecule has 0 aliphatic carbocycles. The van der Waals surface area contributed by atoms with E-state index in [4.69, 9.17) is 18.0 Å². The molecular formula is C15H22N2O2S2. The average molecular weight is 326 g/mol. The first-order valence-electron chi connectivity index (χ1n) is 7.14. The normalized spacial score (nSPS) is 23.3. The van der Waals surface area contributed by atoms with Gasteiger partial charge in [0.2, 0.25) is 0 Å². The summed E-state index contributed by atoms with van der Waals surface area (Å²) in [6.07, 6.45) is 0. The van der Waals surface area contributed by atoms with Crippen molar-refractivity contribution in [3.05, 3.63) is 29.8 Å². The fraction of sp³-hybridized carbons (Fsp3) is 0.533. The number of nitrogens with two attached hydrogens (primary N) is 1. The molecular weight excluding hydrogens is 304 g/mol. The van der Waals surface area contributed by atoms with E-state index >= 15 is 0 Å². The van der Waals surface area contributed by atoms with Crippen molar-refractivity contribution >= 4 is 27.0 Å². The molecule has 2 unspecified atom stereocenters. The molecule has 4 nitrogen and oxygen atoms in total. The third kappa shape index (κ3) is 4.02. The van der Waals surface area contributed by atoms with Crippen LogP contribution < -0.4 is 5.73 Å². The summed E-state index contributed by atoms with van der Waals surface area (Å²) in [6, 6.07) is 6.58. The molecule has 1 fully saturated rings. The third-order valence-electron chi connectivity index (χ3n) is 4.22. The molecule has 1 aromatic rings. The van der Waals surface area contributed by atoms with Gasteiger partial charge in [-0.3, -0.25) is 0 Å². The minimum absolute atomic E-state index is 0.132. The molecule has 1 aliphatic heterocycles. The van der Waals surface area contributed by atoms with Gasteiger partial charge in [0.25, 0.3) is 0 Å². The van der Waals surface area contributed by atoms with E-state index in [1.165, 1.54) is 0 Å². The largest absolute Gasteiger partial charge is 0.389 e. The maximum absolute atomic E-state index is 12.4. The van der Waals surface area contributed by atoms with Crippen LogP contribution in [0.25, 0.3) is 0 Å². The van der Waals surface area contributed by atoms with E-state index in [0.29, 0.717) is 28.8 Å². The van der Waals surface area contributed by atoms with Gasteiger partial charge in [-0.05, 0) is 24.0 Å². The molecule has 2 N–H and O–H groups in total. The van der Waals surface area contributed by atoms with E-state index in [-0.39, 0.29) is 10.7 Å². The number of thiocarbonyl (C=S) groups is 1. The van der Waals surface area contributed by atoms with Crippen molar-refractivity contribution in [3.63, 3.8) is 0 Å². The molecule has 21 heavy (non-hydrogen) atoms. The molecule has 1 saturated heterocycles. The zero-order valence-corrected chi connectivity index (χ0v) is 14.1. The van der Waals surface area contributed by atoms with Crippen molar-refractivity contribution in [2.45, 2.75) is 18.7 Å². The lowest BCUT2D eigenvalue weighted by Crippen LogP contribution is -2.27. The minimum Gasteiger partial charge on any atom is -0.389 e. The minimum atomic E-state index is -3.30. The quantitative estimate of drug-likeness (QED) is 0.834. The molecule has 0 amide bonds. The lowest BCUT2D eigenvalue weighted by molar-refractivity contribution is 0.343. The maximum atomic E-state index is 12.4. The van der Waals surface area contributed by atoms with Crippen LogP contribution in [0.4, 0.5) is 0 Å². The Hall–Kier alpha value is -0.980. The lowest BCUT2D eigenvalue weighted by atomic mass is 10.0. The molecule has 0 bridgehead atoms. The summed E-state index contributed by atoms with van der Waals surface area (Å²) >= 11 is 4.90. The van der Waals surface area contributed by atoms with Gasteiger partial charge in [-0.15, -0.1) is 0 Å². The number of rotatable bonds is 5. The molecule has 0 spiro atoms. The molecule has 1 heterocycles. The summed E-state index contributed by atoms with van der Waals surface area (Å²) in [5.41, 5.74) is 6.15. The van der Waals surface area contributed by atoms with Crippen molar-refractivity contribution in [2.75, 3.05) is 25.4 Å². The second-order valence-electron chi connectivity index (χ2n) is 5.93. The van der Waals surface area contributed by atoms with Crippen LogP contribution in [0.1, 0.15) is 19.4 Å². The Morgan fingerprint density at radius 2 is 1.95 bits per heavy atom. The number of likely N-dealkylation sites (tertiary alicyclic amines) is 1. The Kier molecular flexibility index (Phi) is 5.01. The maximum Gasteiger partial charge on any atom is 0.179 e. The van der Waals surface area contributed by atoms with E-state index in [0.717, 1.165) is 13.1 Å². The Morgan fingerprint density at radius 1 is 1.33 bits per heavy atom. The molecule has 2 rings (SSSR count). The zero-order valence-electron chi connectivity index (χ0n) is 12.5. The van der Waals surface area contributed by atoms with Crippen molar-refractivity contribution in [2.24, 2.45) is 17.6 Å². The summed E-state index contributed by atoms with van der Waals surface area (Å²) in [5, 5.41) is 0. The van der Waals surface area contributed by atoms with Crippen LogP contribution in [0.5, 0.6) is 0 Å². The van der Waals surface area contributed by atoms with Crippen molar-refractivity contribution in [1.82, 2.24) is 4.90 Å². The monoisotopic (exact) mass is 326 g/mol.